The van der Waals surface area contributed by atoms with Crippen LogP contribution in [0.15, 0.2) is 116 Å². The Bertz CT molecular complexity index is 3910. The van der Waals surface area contributed by atoms with Crippen molar-refractivity contribution in [1.82, 2.24) is 68.4 Å². The van der Waals surface area contributed by atoms with E-state index in [-0.39, 0.29) is 101 Å². The maximum atomic E-state index is 14.9. The number of benzene rings is 4. The number of aromatic nitrogens is 1. The number of nitrogens with zero attached hydrogens (tertiary/aromatic N) is 2. The van der Waals surface area contributed by atoms with Crippen LogP contribution in [0.25, 0.3) is 10.8 Å². The van der Waals surface area contributed by atoms with E-state index in [2.05, 4.69) is 63.5 Å². The number of ether oxygens (including phenoxy) is 1. The number of nitrogens with one attached hydrogen (secondary N) is 13. The summed E-state index contributed by atoms with van der Waals surface area (Å²) in [6, 6.07) is 14.7. The van der Waals surface area contributed by atoms with Crippen LogP contribution in [-0.2, 0) is 72.0 Å². The number of aliphatic hydroxyl groups is 1. The highest BCUT2D eigenvalue weighted by atomic mass is 35.5. The van der Waals surface area contributed by atoms with Gasteiger partial charge in [0.2, 0.25) is 65.0 Å². The molecule has 10 atom stereocenters. The molecule has 0 unspecified atom stereocenters. The summed E-state index contributed by atoms with van der Waals surface area (Å²) < 4.78 is 5.25. The highest BCUT2D eigenvalue weighted by Gasteiger charge is 2.40. The number of hydrogen-bond acceptors (Lipinski definition) is 17. The molecule has 1 fully saturated rings. The normalized spacial score (nSPS) is 15.0. The molecule has 5 aromatic rings. The first-order valence-corrected chi connectivity index (χ1v) is 35.2. The molecular formula is C73H97ClN18O14. The smallest absolute Gasteiger partial charge is 0.245 e. The Labute approximate surface area is 619 Å². The van der Waals surface area contributed by atoms with Crippen LogP contribution in [0.3, 0.4) is 0 Å². The van der Waals surface area contributed by atoms with Gasteiger partial charge in [0.25, 0.3) is 0 Å². The average Bonchev–Trinajstić information content (AvgIpc) is 1.47. The minimum absolute atomic E-state index is 0.0134. The number of carbonyl (C=O) groups is 12. The van der Waals surface area contributed by atoms with Crippen molar-refractivity contribution >= 4 is 105 Å². The highest BCUT2D eigenvalue weighted by Crippen LogP contribution is 2.23. The lowest BCUT2D eigenvalue weighted by molar-refractivity contribution is -0.142. The number of carbonyl (C=O) groups excluding carboxylic acids is 12. The second-order valence-electron chi connectivity index (χ2n) is 26.3. The van der Waals surface area contributed by atoms with Crippen LogP contribution >= 0.6 is 11.6 Å². The van der Waals surface area contributed by atoms with Crippen LogP contribution in [0.4, 0.5) is 0 Å². The van der Waals surface area contributed by atoms with Gasteiger partial charge < -0.3 is 90.4 Å². The molecule has 0 spiro atoms. The number of aliphatic hydroxyl groups excluding tert-OH is 1. The van der Waals surface area contributed by atoms with E-state index in [0.717, 1.165) is 10.8 Å². The number of guanidine groups is 2. The molecule has 33 heteroatoms. The van der Waals surface area contributed by atoms with E-state index in [1.165, 1.54) is 50.4 Å². The van der Waals surface area contributed by atoms with Crippen molar-refractivity contribution in [3.63, 3.8) is 0 Å². The lowest BCUT2D eigenvalue weighted by Crippen LogP contribution is -2.61. The Morgan fingerprint density at radius 2 is 1.08 bits per heavy atom. The third-order valence-electron chi connectivity index (χ3n) is 17.4. The van der Waals surface area contributed by atoms with Crippen molar-refractivity contribution in [3.8, 4) is 5.75 Å². The van der Waals surface area contributed by atoms with Crippen molar-refractivity contribution in [1.29, 1.82) is 10.8 Å². The standard InChI is InChI=1S/C73H97ClN18O14/c1-41(2)34-55(65(99)87-54(16-10-32-82-73(78)79)71(105)92-33-11-17-60(92)70(104)83-42(3)62(75)96)88-64(98)53(28-29-61(95)48-22-26-51(106-5)27-23-48)86-63(97)52(15-9-31-81-72(76)77)85-69(103)59(40-93)91-68(102)58(38-46-12-8-30-80-39-46)90-67(101)57(36-44-19-24-50(74)25-20-44)89-66(100)56(84-43(4)94)37-45-18-21-47-13-6-7-14-49(47)35-45/h6-8,12-14,18-27,30,35,39,41-42,52-60,93H,9-11,15-17,28-29,31-34,36-38,40H2,1-5H3,(H2,75,96)(H,83,104)(H,84,94)(H,85,103)(H,86,97)(H,87,99)(H,88,98)(H,89,100)(H,90,101)(H,91,102)(H4,76,77,81)(H4,78,79,82)/t42-,52+,53-,54+,55+,56-,57-,58-,59+,60+/m1/s1. The van der Waals surface area contributed by atoms with Gasteiger partial charge >= 0.3 is 0 Å². The number of amides is 11. The van der Waals surface area contributed by atoms with Crippen molar-refractivity contribution in [2.24, 2.45) is 23.1 Å². The van der Waals surface area contributed by atoms with Gasteiger partial charge in [-0.1, -0.05) is 86.1 Å². The molecule has 11 amide bonds. The van der Waals surface area contributed by atoms with Gasteiger partial charge in [0.15, 0.2) is 17.7 Å². The zero-order chi connectivity index (χ0) is 77.6. The maximum Gasteiger partial charge on any atom is 0.245 e. The minimum Gasteiger partial charge on any atom is -0.497 e. The summed E-state index contributed by atoms with van der Waals surface area (Å²) >= 11 is 6.23. The number of Topliss-reactive ketones (excluding diaryl/α,β-unsaturated/α-hetero) is 1. The number of primary amides is 1. The first kappa shape index (κ1) is 83.7. The highest BCUT2D eigenvalue weighted by molar-refractivity contribution is 6.30. The number of ketones is 1. The second kappa shape index (κ2) is 41.9. The van der Waals surface area contributed by atoms with Crippen molar-refractivity contribution in [3.05, 3.63) is 143 Å². The molecular weight excluding hydrogens is 1390 g/mol. The minimum atomic E-state index is -1.86. The molecule has 6 rings (SSSR count). The Morgan fingerprint density at radius 3 is 1.63 bits per heavy atom. The Balaban J connectivity index is 1.27. The first-order valence-electron chi connectivity index (χ1n) is 34.9. The van der Waals surface area contributed by atoms with Crippen LogP contribution in [0.5, 0.6) is 5.75 Å². The van der Waals surface area contributed by atoms with Gasteiger partial charge in [0.05, 0.1) is 13.7 Å². The fraction of sp³-hybridized carbons (Fsp3) is 0.438. The summed E-state index contributed by atoms with van der Waals surface area (Å²) in [4.78, 5) is 175. The van der Waals surface area contributed by atoms with Gasteiger partial charge in [-0.2, -0.15) is 0 Å². The number of nitrogens with two attached hydrogens (primary N) is 3. The lowest BCUT2D eigenvalue weighted by Gasteiger charge is -2.31. The zero-order valence-corrected chi connectivity index (χ0v) is 60.6. The van der Waals surface area contributed by atoms with Gasteiger partial charge in [-0.05, 0) is 134 Å². The van der Waals surface area contributed by atoms with Gasteiger partial charge in [-0.15, -0.1) is 0 Å². The second-order valence-corrected chi connectivity index (χ2v) is 26.7. The average molecular weight is 1490 g/mol. The summed E-state index contributed by atoms with van der Waals surface area (Å²) in [6.07, 6.45) is 2.16. The number of likely N-dealkylation sites (tertiary alicyclic amines) is 1. The fourth-order valence-corrected chi connectivity index (χ4v) is 11.9. The number of hydrogen-bond donors (Lipinski definition) is 17. The van der Waals surface area contributed by atoms with Crippen LogP contribution in [-0.4, -0.2) is 191 Å². The van der Waals surface area contributed by atoms with E-state index in [1.54, 1.807) is 62.4 Å². The molecule has 1 aliphatic heterocycles. The van der Waals surface area contributed by atoms with E-state index in [1.807, 2.05) is 42.5 Å². The van der Waals surface area contributed by atoms with E-state index in [9.17, 15) is 62.6 Å². The van der Waals surface area contributed by atoms with Crippen LogP contribution in [0.1, 0.15) is 113 Å². The predicted molar refractivity (Wildman–Crippen MR) is 395 cm³/mol. The summed E-state index contributed by atoms with van der Waals surface area (Å²) in [5, 5.41) is 57.5. The molecule has 2 heterocycles. The summed E-state index contributed by atoms with van der Waals surface area (Å²) in [7, 11) is 1.44. The molecule has 4 aromatic carbocycles. The topological polar surface area (TPSA) is 509 Å². The Hall–Kier alpha value is -11.3. The molecule has 0 bridgehead atoms. The Morgan fingerprint density at radius 1 is 0.575 bits per heavy atom. The number of pyridine rings is 1. The van der Waals surface area contributed by atoms with Gasteiger partial charge in [0, 0.05) is 75.2 Å². The van der Waals surface area contributed by atoms with Gasteiger partial charge in [-0.25, -0.2) is 0 Å². The molecule has 570 valence electrons. The summed E-state index contributed by atoms with van der Waals surface area (Å²) in [5.41, 5.74) is 18.4. The third-order valence-corrected chi connectivity index (χ3v) is 17.7. The van der Waals surface area contributed by atoms with Crippen molar-refractivity contribution in [2.45, 2.75) is 165 Å². The SMILES string of the molecule is COc1ccc(C(=O)CC[C@@H](NC(=O)[C@H](CCCNC(=N)N)NC(=O)[C@H](CO)NC(=O)[C@@H](Cc2cccnc2)NC(=O)[C@@H](Cc2ccc(Cl)cc2)NC(=O)[C@@H](Cc2ccc3ccccc3c2)NC(C)=O)C(=O)N[C@@H](CC(C)C)C(=O)N[C@@H](CCCNC(=N)N)C(=O)N2CCC[C@H]2C(=O)N[C@H](C)C(N)=O)cc1. The predicted octanol–water partition coefficient (Wildman–Crippen LogP) is 0.0320. The van der Waals surface area contributed by atoms with Gasteiger partial charge in [0.1, 0.15) is 66.2 Å². The fourth-order valence-electron chi connectivity index (χ4n) is 11.8. The summed E-state index contributed by atoms with van der Waals surface area (Å²) in [5.74, 6) is -10.4. The molecule has 1 aliphatic rings. The molecule has 1 aromatic heterocycles. The molecule has 106 heavy (non-hydrogen) atoms. The molecule has 32 nitrogen and oxygen atoms in total. The van der Waals surface area contributed by atoms with Crippen molar-refractivity contribution in [2.75, 3.05) is 33.4 Å². The Kier molecular flexibility index (Phi) is 33.0. The van der Waals surface area contributed by atoms with E-state index >= 15 is 0 Å². The maximum absolute atomic E-state index is 14.9. The molecule has 0 saturated carbocycles. The number of fused-ring (bicyclic) bond motifs is 1. The van der Waals surface area contributed by atoms with E-state index < -0.39 is 150 Å². The van der Waals surface area contributed by atoms with E-state index in [4.69, 9.17) is 44.4 Å². The summed E-state index contributed by atoms with van der Waals surface area (Å²) in [6.45, 7) is 5.24. The molecule has 20 N–H and O–H groups in total. The molecule has 1 saturated heterocycles. The number of methoxy groups -OCH3 is 1. The lowest BCUT2D eigenvalue weighted by atomic mass is 9.99. The van der Waals surface area contributed by atoms with Crippen LogP contribution < -0.4 is 80.4 Å². The van der Waals surface area contributed by atoms with Gasteiger partial charge in [-0.3, -0.25) is 73.3 Å². The quantitative estimate of drug-likeness (QED) is 0.0106. The number of halogens is 1. The van der Waals surface area contributed by atoms with Crippen LogP contribution in [0, 0.1) is 16.7 Å². The van der Waals surface area contributed by atoms with E-state index in [0.29, 0.717) is 33.9 Å². The van der Waals surface area contributed by atoms with Crippen molar-refractivity contribution < 1.29 is 67.4 Å². The third kappa shape index (κ3) is 27.1. The monoisotopic (exact) mass is 1480 g/mol. The van der Waals surface area contributed by atoms with Crippen LogP contribution in [0.2, 0.25) is 5.02 Å². The largest absolute Gasteiger partial charge is 0.497 e. The molecule has 0 aliphatic carbocycles. The number of rotatable bonds is 41. The first-order chi connectivity index (χ1) is 50.5. The molecule has 0 radical (unpaired) electrons. The zero-order valence-electron chi connectivity index (χ0n) is 59.9.